The van der Waals surface area contributed by atoms with Crippen molar-refractivity contribution in [3.63, 3.8) is 0 Å². The average molecular weight is 360 g/mol. The highest BCUT2D eigenvalue weighted by Gasteiger charge is 2.16. The van der Waals surface area contributed by atoms with Crippen LogP contribution in [0, 0.1) is 0 Å². The van der Waals surface area contributed by atoms with E-state index in [9.17, 15) is 4.79 Å². The zero-order chi connectivity index (χ0) is 19.1. The van der Waals surface area contributed by atoms with Gasteiger partial charge < -0.3 is 24.3 Å². The highest BCUT2D eigenvalue weighted by Crippen LogP contribution is 2.38. The maximum atomic E-state index is 12.5. The predicted octanol–water partition coefficient (Wildman–Crippen LogP) is 2.82. The number of nitrogens with zero attached hydrogens (tertiary/aromatic N) is 1. The van der Waals surface area contributed by atoms with E-state index in [-0.39, 0.29) is 12.0 Å². The van der Waals surface area contributed by atoms with Crippen LogP contribution in [0.2, 0.25) is 0 Å². The number of amides is 1. The average Bonchev–Trinajstić information content (AvgIpc) is 2.65. The third-order valence-corrected chi connectivity index (χ3v) is 3.53. The van der Waals surface area contributed by atoms with E-state index in [1.54, 1.807) is 24.4 Å². The Morgan fingerprint density at radius 1 is 1.08 bits per heavy atom. The van der Waals surface area contributed by atoms with Gasteiger partial charge in [-0.2, -0.15) is 0 Å². The molecule has 0 radical (unpaired) electrons. The quantitative estimate of drug-likeness (QED) is 0.780. The van der Waals surface area contributed by atoms with Gasteiger partial charge in [0.1, 0.15) is 0 Å². The number of methoxy groups -OCH3 is 3. The topological polar surface area (TPSA) is 78.9 Å². The number of hydrogen-bond donors (Lipinski definition) is 1. The van der Waals surface area contributed by atoms with E-state index in [0.717, 1.165) is 5.56 Å². The number of rotatable bonds is 8. The molecule has 1 heterocycles. The molecule has 0 unspecified atom stereocenters. The molecule has 0 aliphatic rings. The minimum atomic E-state index is -0.258. The second kappa shape index (κ2) is 8.94. The molecule has 1 aromatic heterocycles. The molecule has 0 spiro atoms. The Morgan fingerprint density at radius 2 is 1.73 bits per heavy atom. The summed E-state index contributed by atoms with van der Waals surface area (Å²) in [6.45, 7) is 4.21. The molecule has 7 heteroatoms. The van der Waals surface area contributed by atoms with E-state index in [4.69, 9.17) is 18.9 Å². The number of carbonyl (C=O) groups is 1. The summed E-state index contributed by atoms with van der Waals surface area (Å²) in [5.74, 6) is 1.59. The van der Waals surface area contributed by atoms with Crippen LogP contribution in [0.5, 0.6) is 23.1 Å². The van der Waals surface area contributed by atoms with Crippen molar-refractivity contribution in [1.82, 2.24) is 10.3 Å². The SMILES string of the molecule is COc1cc(C(=O)NCc2ccc(OC(C)C)nc2)cc(OC)c1OC. The van der Waals surface area contributed by atoms with Crippen molar-refractivity contribution in [1.29, 1.82) is 0 Å². The van der Waals surface area contributed by atoms with Crippen LogP contribution in [-0.4, -0.2) is 38.3 Å². The van der Waals surface area contributed by atoms with Crippen LogP contribution >= 0.6 is 0 Å². The zero-order valence-electron chi connectivity index (χ0n) is 15.7. The Bertz CT molecular complexity index is 719. The van der Waals surface area contributed by atoms with Gasteiger partial charge in [0.05, 0.1) is 27.4 Å². The lowest BCUT2D eigenvalue weighted by molar-refractivity contribution is 0.0950. The van der Waals surface area contributed by atoms with Crippen molar-refractivity contribution in [3.05, 3.63) is 41.6 Å². The van der Waals surface area contributed by atoms with E-state index in [2.05, 4.69) is 10.3 Å². The minimum absolute atomic E-state index is 0.0630. The summed E-state index contributed by atoms with van der Waals surface area (Å²) in [6.07, 6.45) is 1.74. The molecule has 1 N–H and O–H groups in total. The van der Waals surface area contributed by atoms with Gasteiger partial charge in [-0.3, -0.25) is 4.79 Å². The molecule has 140 valence electrons. The smallest absolute Gasteiger partial charge is 0.251 e. The lowest BCUT2D eigenvalue weighted by Crippen LogP contribution is -2.23. The largest absolute Gasteiger partial charge is 0.493 e. The summed E-state index contributed by atoms with van der Waals surface area (Å²) in [5.41, 5.74) is 1.27. The first-order chi connectivity index (χ1) is 12.5. The fourth-order valence-corrected chi connectivity index (χ4v) is 2.32. The maximum absolute atomic E-state index is 12.5. The molecule has 0 aliphatic carbocycles. The number of hydrogen-bond acceptors (Lipinski definition) is 6. The van der Waals surface area contributed by atoms with Crippen molar-refractivity contribution < 1.29 is 23.7 Å². The van der Waals surface area contributed by atoms with Crippen LogP contribution in [0.15, 0.2) is 30.5 Å². The van der Waals surface area contributed by atoms with Gasteiger partial charge in [-0.15, -0.1) is 0 Å². The molecule has 0 aliphatic heterocycles. The lowest BCUT2D eigenvalue weighted by Gasteiger charge is -2.14. The van der Waals surface area contributed by atoms with Crippen LogP contribution < -0.4 is 24.3 Å². The van der Waals surface area contributed by atoms with E-state index in [1.807, 2.05) is 19.9 Å². The lowest BCUT2D eigenvalue weighted by atomic mass is 10.1. The summed E-state index contributed by atoms with van der Waals surface area (Å²) in [5, 5.41) is 2.84. The molecular weight excluding hydrogens is 336 g/mol. The van der Waals surface area contributed by atoms with Gasteiger partial charge in [0, 0.05) is 24.4 Å². The molecule has 1 amide bonds. The Hall–Kier alpha value is -2.96. The van der Waals surface area contributed by atoms with E-state index in [0.29, 0.717) is 35.2 Å². The van der Waals surface area contributed by atoms with Crippen LogP contribution in [0.1, 0.15) is 29.8 Å². The van der Waals surface area contributed by atoms with Crippen LogP contribution in [0.4, 0.5) is 0 Å². The van der Waals surface area contributed by atoms with E-state index in [1.165, 1.54) is 21.3 Å². The standard InChI is InChI=1S/C19H24N2O5/c1-12(2)26-17-7-6-13(10-20-17)11-21-19(22)14-8-15(23-3)18(25-5)16(9-14)24-4/h6-10,12H,11H2,1-5H3,(H,21,22). The molecule has 2 rings (SSSR count). The van der Waals surface area contributed by atoms with Crippen molar-refractivity contribution in [2.45, 2.75) is 26.5 Å². The molecular formula is C19H24N2O5. The number of aromatic nitrogens is 1. The van der Waals surface area contributed by atoms with Gasteiger partial charge >= 0.3 is 0 Å². The van der Waals surface area contributed by atoms with E-state index < -0.39 is 0 Å². The third-order valence-electron chi connectivity index (χ3n) is 3.53. The summed E-state index contributed by atoms with van der Waals surface area (Å²) in [6, 6.07) is 6.85. The summed E-state index contributed by atoms with van der Waals surface area (Å²) in [4.78, 5) is 16.7. The number of nitrogens with one attached hydrogen (secondary N) is 1. The van der Waals surface area contributed by atoms with Crippen molar-refractivity contribution >= 4 is 5.91 Å². The van der Waals surface area contributed by atoms with Crippen molar-refractivity contribution in [2.24, 2.45) is 0 Å². The summed E-state index contributed by atoms with van der Waals surface area (Å²) in [7, 11) is 4.52. The molecule has 0 atom stereocenters. The highest BCUT2D eigenvalue weighted by atomic mass is 16.5. The van der Waals surface area contributed by atoms with E-state index >= 15 is 0 Å². The number of benzene rings is 1. The Morgan fingerprint density at radius 3 is 2.19 bits per heavy atom. The minimum Gasteiger partial charge on any atom is -0.493 e. The summed E-state index contributed by atoms with van der Waals surface area (Å²) < 4.78 is 21.3. The van der Waals surface area contributed by atoms with Gasteiger partial charge in [0.15, 0.2) is 11.5 Å². The van der Waals surface area contributed by atoms with Crippen LogP contribution in [-0.2, 0) is 6.54 Å². The Kier molecular flexibility index (Phi) is 6.66. The Labute approximate surface area is 153 Å². The fraction of sp³-hybridized carbons (Fsp3) is 0.368. The first-order valence-electron chi connectivity index (χ1n) is 8.18. The number of ether oxygens (including phenoxy) is 4. The van der Waals surface area contributed by atoms with Gasteiger partial charge in [0.25, 0.3) is 5.91 Å². The molecule has 0 bridgehead atoms. The molecule has 0 saturated carbocycles. The second-order valence-corrected chi connectivity index (χ2v) is 5.77. The zero-order valence-corrected chi connectivity index (χ0v) is 15.7. The predicted molar refractivity (Wildman–Crippen MR) is 97.3 cm³/mol. The molecule has 26 heavy (non-hydrogen) atoms. The van der Waals surface area contributed by atoms with Gasteiger partial charge in [0.2, 0.25) is 11.6 Å². The highest BCUT2D eigenvalue weighted by molar-refractivity contribution is 5.95. The third kappa shape index (κ3) is 4.78. The summed E-state index contributed by atoms with van der Waals surface area (Å²) >= 11 is 0. The Balaban J connectivity index is 2.08. The fourth-order valence-electron chi connectivity index (χ4n) is 2.32. The monoisotopic (exact) mass is 360 g/mol. The second-order valence-electron chi connectivity index (χ2n) is 5.77. The number of pyridine rings is 1. The normalized spacial score (nSPS) is 10.4. The molecule has 1 aromatic carbocycles. The first kappa shape index (κ1) is 19.4. The van der Waals surface area contributed by atoms with Crippen molar-refractivity contribution in [2.75, 3.05) is 21.3 Å². The molecule has 0 saturated heterocycles. The maximum Gasteiger partial charge on any atom is 0.251 e. The number of carbonyl (C=O) groups excluding carboxylic acids is 1. The first-order valence-corrected chi connectivity index (χ1v) is 8.18. The van der Waals surface area contributed by atoms with Crippen LogP contribution in [0.25, 0.3) is 0 Å². The van der Waals surface area contributed by atoms with Crippen LogP contribution in [0.3, 0.4) is 0 Å². The van der Waals surface area contributed by atoms with Crippen molar-refractivity contribution in [3.8, 4) is 23.1 Å². The van der Waals surface area contributed by atoms with Gasteiger partial charge in [-0.05, 0) is 31.5 Å². The molecule has 2 aromatic rings. The van der Waals surface area contributed by atoms with Gasteiger partial charge in [-0.25, -0.2) is 4.98 Å². The molecule has 0 fully saturated rings. The van der Waals surface area contributed by atoms with Gasteiger partial charge in [-0.1, -0.05) is 6.07 Å². The molecule has 7 nitrogen and oxygen atoms in total.